The normalized spacial score (nSPS) is 32.3. The SMILES string of the molecule is CC1(C)[C@H]2CC[C@@]13CS(=O)(=O)N(C(=O)/C=C/C=N/OCc1ccccc1)[C@@H]3C2. The molecule has 7 heteroatoms. The van der Waals surface area contributed by atoms with Crippen LogP contribution in [-0.4, -0.2) is 36.6 Å². The first kappa shape index (κ1) is 19.2. The molecule has 3 aliphatic rings. The van der Waals surface area contributed by atoms with Crippen molar-refractivity contribution in [1.29, 1.82) is 0 Å². The Bertz CT molecular complexity index is 923. The first-order valence-electron chi connectivity index (χ1n) is 9.70. The highest BCUT2D eigenvalue weighted by Crippen LogP contribution is 2.69. The lowest BCUT2D eigenvalue weighted by Gasteiger charge is -2.36. The molecule has 1 saturated heterocycles. The van der Waals surface area contributed by atoms with Gasteiger partial charge in [0.15, 0.2) is 0 Å². The monoisotopic (exact) mass is 402 g/mol. The molecule has 1 aliphatic heterocycles. The van der Waals surface area contributed by atoms with Crippen LogP contribution in [0.3, 0.4) is 0 Å². The third-order valence-electron chi connectivity index (χ3n) is 7.16. The van der Waals surface area contributed by atoms with E-state index in [1.54, 1.807) is 0 Å². The van der Waals surface area contributed by atoms with Crippen LogP contribution < -0.4 is 0 Å². The number of amides is 1. The number of hydrogen-bond donors (Lipinski definition) is 0. The summed E-state index contributed by atoms with van der Waals surface area (Å²) in [7, 11) is -3.59. The number of fused-ring (bicyclic) bond motifs is 1. The Labute approximate surface area is 166 Å². The summed E-state index contributed by atoms with van der Waals surface area (Å²) in [5.74, 6) is 0.0853. The molecule has 2 bridgehead atoms. The summed E-state index contributed by atoms with van der Waals surface area (Å²) in [5.41, 5.74) is 0.649. The van der Waals surface area contributed by atoms with Gasteiger partial charge >= 0.3 is 0 Å². The van der Waals surface area contributed by atoms with Gasteiger partial charge in [0.25, 0.3) is 5.91 Å². The van der Waals surface area contributed by atoms with Crippen molar-refractivity contribution in [1.82, 2.24) is 4.31 Å². The zero-order valence-electron chi connectivity index (χ0n) is 16.2. The van der Waals surface area contributed by atoms with Crippen molar-refractivity contribution in [2.45, 2.75) is 45.8 Å². The molecule has 2 saturated carbocycles. The van der Waals surface area contributed by atoms with E-state index >= 15 is 0 Å². The molecule has 4 rings (SSSR count). The van der Waals surface area contributed by atoms with Gasteiger partial charge in [-0.25, -0.2) is 12.7 Å². The van der Waals surface area contributed by atoms with E-state index in [-0.39, 0.29) is 22.6 Å². The Hall–Kier alpha value is -2.15. The van der Waals surface area contributed by atoms with Gasteiger partial charge in [0, 0.05) is 11.5 Å². The van der Waals surface area contributed by atoms with E-state index in [9.17, 15) is 13.2 Å². The summed E-state index contributed by atoms with van der Waals surface area (Å²) >= 11 is 0. The fourth-order valence-electron chi connectivity index (χ4n) is 5.54. The van der Waals surface area contributed by atoms with E-state index < -0.39 is 15.9 Å². The van der Waals surface area contributed by atoms with Crippen LogP contribution in [-0.2, 0) is 26.3 Å². The minimum atomic E-state index is -3.59. The lowest BCUT2D eigenvalue weighted by molar-refractivity contribution is -0.124. The van der Waals surface area contributed by atoms with Crippen molar-refractivity contribution >= 4 is 22.1 Å². The minimum Gasteiger partial charge on any atom is -0.391 e. The van der Waals surface area contributed by atoms with Gasteiger partial charge in [0.1, 0.15) is 6.61 Å². The second-order valence-electron chi connectivity index (χ2n) is 8.63. The summed E-state index contributed by atoms with van der Waals surface area (Å²) in [4.78, 5) is 17.9. The fraction of sp³-hybridized carbons (Fsp3) is 0.524. The molecular weight excluding hydrogens is 376 g/mol. The van der Waals surface area contributed by atoms with Gasteiger partial charge in [-0.15, -0.1) is 0 Å². The van der Waals surface area contributed by atoms with Gasteiger partial charge in [-0.3, -0.25) is 4.79 Å². The first-order chi connectivity index (χ1) is 13.3. The van der Waals surface area contributed by atoms with E-state index in [4.69, 9.17) is 4.84 Å². The number of sulfonamides is 1. The van der Waals surface area contributed by atoms with Crippen LogP contribution in [0.5, 0.6) is 0 Å². The molecule has 1 amide bonds. The molecule has 28 heavy (non-hydrogen) atoms. The average Bonchev–Trinajstić information content (AvgIpc) is 3.13. The van der Waals surface area contributed by atoms with Crippen molar-refractivity contribution < 1.29 is 18.0 Å². The van der Waals surface area contributed by atoms with E-state index in [1.165, 1.54) is 18.4 Å². The van der Waals surface area contributed by atoms with Gasteiger partial charge in [-0.2, -0.15) is 0 Å². The summed E-state index contributed by atoms with van der Waals surface area (Å²) in [6, 6.07) is 9.41. The van der Waals surface area contributed by atoms with Crippen LogP contribution in [0.1, 0.15) is 38.7 Å². The zero-order valence-corrected chi connectivity index (χ0v) is 17.1. The molecule has 1 aromatic rings. The summed E-state index contributed by atoms with van der Waals surface area (Å²) in [6.07, 6.45) is 6.79. The van der Waals surface area contributed by atoms with Crippen molar-refractivity contribution in [3.63, 3.8) is 0 Å². The van der Waals surface area contributed by atoms with Crippen LogP contribution in [0.2, 0.25) is 0 Å². The standard InChI is InChI=1S/C21H26N2O4S/c1-20(2)17-10-11-21(20)15-28(25,26)23(18(21)13-17)19(24)9-6-12-22-27-14-16-7-4-3-5-8-16/h3-9,12,17-18H,10-11,13-15H2,1-2H3/b9-6+,22-12+/t17-,18+,21-/m0/s1. The second kappa shape index (κ2) is 6.72. The number of carbonyl (C=O) groups is 1. The molecule has 2 aliphatic carbocycles. The van der Waals surface area contributed by atoms with E-state index in [0.717, 1.165) is 29.1 Å². The molecule has 0 aromatic heterocycles. The maximum Gasteiger partial charge on any atom is 0.260 e. The van der Waals surface area contributed by atoms with Crippen LogP contribution in [0.15, 0.2) is 47.6 Å². The predicted molar refractivity (Wildman–Crippen MR) is 107 cm³/mol. The van der Waals surface area contributed by atoms with Gasteiger partial charge in [0.2, 0.25) is 10.0 Å². The zero-order chi connectivity index (χ0) is 20.0. The maximum atomic E-state index is 12.8. The molecule has 3 atom stereocenters. The highest BCUT2D eigenvalue weighted by molar-refractivity contribution is 7.90. The number of oxime groups is 1. The summed E-state index contributed by atoms with van der Waals surface area (Å²) < 4.78 is 26.7. The Morgan fingerprint density at radius 3 is 2.79 bits per heavy atom. The molecule has 0 unspecified atom stereocenters. The molecule has 0 radical (unpaired) electrons. The predicted octanol–water partition coefficient (Wildman–Crippen LogP) is 3.11. The molecular formula is C21H26N2O4S. The number of rotatable bonds is 5. The van der Waals surface area contributed by atoms with E-state index in [1.807, 2.05) is 30.3 Å². The number of allylic oxidation sites excluding steroid dienone is 1. The fourth-order valence-corrected chi connectivity index (χ4v) is 8.05. The van der Waals surface area contributed by atoms with Crippen molar-refractivity contribution in [2.75, 3.05) is 5.75 Å². The molecule has 6 nitrogen and oxygen atoms in total. The topological polar surface area (TPSA) is 76.0 Å². The smallest absolute Gasteiger partial charge is 0.260 e. The molecule has 1 aromatic carbocycles. The Morgan fingerprint density at radius 2 is 2.07 bits per heavy atom. The Kier molecular flexibility index (Phi) is 4.61. The first-order valence-corrected chi connectivity index (χ1v) is 11.3. The molecule has 3 fully saturated rings. The number of benzene rings is 1. The summed E-state index contributed by atoms with van der Waals surface area (Å²) in [5, 5.41) is 3.80. The third-order valence-corrected chi connectivity index (χ3v) is 9.08. The van der Waals surface area contributed by atoms with Gasteiger partial charge in [0.05, 0.1) is 18.0 Å². The molecule has 150 valence electrons. The molecule has 1 spiro atoms. The Balaban J connectivity index is 1.41. The van der Waals surface area contributed by atoms with E-state index in [0.29, 0.717) is 12.5 Å². The van der Waals surface area contributed by atoms with Crippen molar-refractivity contribution in [3.05, 3.63) is 48.0 Å². The third kappa shape index (κ3) is 2.87. The van der Waals surface area contributed by atoms with Gasteiger partial charge in [-0.05, 0) is 42.2 Å². The van der Waals surface area contributed by atoms with Gasteiger partial charge < -0.3 is 4.84 Å². The maximum absolute atomic E-state index is 12.8. The number of hydrogen-bond acceptors (Lipinski definition) is 5. The minimum absolute atomic E-state index is 0.0454. The second-order valence-corrected chi connectivity index (χ2v) is 10.5. The number of carbonyl (C=O) groups excluding carboxylic acids is 1. The van der Waals surface area contributed by atoms with Gasteiger partial charge in [-0.1, -0.05) is 49.3 Å². The average molecular weight is 403 g/mol. The van der Waals surface area contributed by atoms with Crippen molar-refractivity contribution in [2.24, 2.45) is 21.9 Å². The number of nitrogens with zero attached hydrogens (tertiary/aromatic N) is 2. The van der Waals surface area contributed by atoms with Crippen LogP contribution in [0.25, 0.3) is 0 Å². The largest absolute Gasteiger partial charge is 0.391 e. The van der Waals surface area contributed by atoms with Crippen LogP contribution in [0.4, 0.5) is 0 Å². The molecule has 1 heterocycles. The van der Waals surface area contributed by atoms with Crippen molar-refractivity contribution in [3.8, 4) is 0 Å². The lowest BCUT2D eigenvalue weighted by atomic mass is 9.69. The highest BCUT2D eigenvalue weighted by atomic mass is 32.2. The lowest BCUT2D eigenvalue weighted by Crippen LogP contribution is -2.43. The van der Waals surface area contributed by atoms with Crippen LogP contribution >= 0.6 is 0 Å². The molecule has 0 N–H and O–H groups in total. The quantitative estimate of drug-likeness (QED) is 0.431. The van der Waals surface area contributed by atoms with Crippen LogP contribution in [0, 0.1) is 16.7 Å². The Morgan fingerprint density at radius 1 is 1.32 bits per heavy atom. The highest BCUT2D eigenvalue weighted by Gasteiger charge is 2.72. The summed E-state index contributed by atoms with van der Waals surface area (Å²) in [6.45, 7) is 4.67. The van der Waals surface area contributed by atoms with E-state index in [2.05, 4.69) is 19.0 Å².